The molecule has 164 valence electrons. The van der Waals surface area contributed by atoms with Gasteiger partial charge in [0, 0.05) is 17.2 Å². The molecule has 33 heavy (non-hydrogen) atoms. The van der Waals surface area contributed by atoms with Gasteiger partial charge in [-0.2, -0.15) is 0 Å². The van der Waals surface area contributed by atoms with Crippen LogP contribution in [-0.4, -0.2) is 22.8 Å². The van der Waals surface area contributed by atoms with Gasteiger partial charge in [-0.1, -0.05) is 59.3 Å². The zero-order valence-electron chi connectivity index (χ0n) is 18.1. The molecule has 7 nitrogen and oxygen atoms in total. The van der Waals surface area contributed by atoms with Crippen LogP contribution in [0.25, 0.3) is 0 Å². The number of amides is 2. The second-order valence-electron chi connectivity index (χ2n) is 7.53. The van der Waals surface area contributed by atoms with Crippen molar-refractivity contribution in [3.05, 3.63) is 113 Å². The molecule has 0 aliphatic rings. The van der Waals surface area contributed by atoms with Crippen LogP contribution >= 0.6 is 0 Å². The maximum Gasteiger partial charge on any atom is 0.294 e. The number of hydrogen-bond donors (Lipinski definition) is 2. The van der Waals surface area contributed by atoms with Crippen LogP contribution in [0.4, 0.5) is 11.4 Å². The molecule has 0 aliphatic carbocycles. The van der Waals surface area contributed by atoms with Gasteiger partial charge in [0.05, 0.1) is 22.6 Å². The largest absolute Gasteiger partial charge is 0.351 e. The second kappa shape index (κ2) is 9.32. The molecule has 0 unspecified atom stereocenters. The number of benzene rings is 3. The van der Waals surface area contributed by atoms with Gasteiger partial charge in [0.1, 0.15) is 0 Å². The highest BCUT2D eigenvalue weighted by atomic mass is 16.5. The third-order valence-corrected chi connectivity index (χ3v) is 4.98. The Labute approximate surface area is 190 Å². The summed E-state index contributed by atoms with van der Waals surface area (Å²) in [7, 11) is 0. The molecule has 0 aliphatic heterocycles. The number of ketones is 1. The molecular weight excluding hydrogens is 418 g/mol. The Balaban J connectivity index is 1.61. The first-order chi connectivity index (χ1) is 15.9. The van der Waals surface area contributed by atoms with Crippen LogP contribution in [-0.2, 0) is 0 Å². The van der Waals surface area contributed by atoms with Gasteiger partial charge < -0.3 is 15.2 Å². The van der Waals surface area contributed by atoms with Crippen LogP contribution in [0.15, 0.2) is 83.4 Å². The topological polar surface area (TPSA) is 101 Å². The molecular formula is C26H21N3O4. The van der Waals surface area contributed by atoms with E-state index in [1.807, 2.05) is 19.1 Å². The van der Waals surface area contributed by atoms with Gasteiger partial charge in [-0.15, -0.1) is 0 Å². The number of nitrogens with one attached hydrogen (secondary N) is 2. The lowest BCUT2D eigenvalue weighted by molar-refractivity contribution is 0.0986. The predicted octanol–water partition coefficient (Wildman–Crippen LogP) is 5.03. The zero-order valence-corrected chi connectivity index (χ0v) is 18.1. The smallest absolute Gasteiger partial charge is 0.294 e. The first-order valence-corrected chi connectivity index (χ1v) is 10.3. The predicted molar refractivity (Wildman–Crippen MR) is 125 cm³/mol. The van der Waals surface area contributed by atoms with Gasteiger partial charge >= 0.3 is 0 Å². The van der Waals surface area contributed by atoms with E-state index in [4.69, 9.17) is 4.52 Å². The number of carbonyl (C=O) groups excluding carboxylic acids is 3. The van der Waals surface area contributed by atoms with Crippen molar-refractivity contribution in [1.29, 1.82) is 0 Å². The van der Waals surface area contributed by atoms with Gasteiger partial charge in [0.2, 0.25) is 5.76 Å². The summed E-state index contributed by atoms with van der Waals surface area (Å²) in [5.41, 5.74) is 3.29. The van der Waals surface area contributed by atoms with Gasteiger partial charge in [-0.25, -0.2) is 0 Å². The molecule has 4 rings (SSSR count). The van der Waals surface area contributed by atoms with Crippen LogP contribution in [0.1, 0.15) is 48.1 Å². The number of anilines is 2. The number of aromatic nitrogens is 1. The van der Waals surface area contributed by atoms with Crippen molar-refractivity contribution >= 4 is 29.0 Å². The third-order valence-electron chi connectivity index (χ3n) is 4.98. The van der Waals surface area contributed by atoms with E-state index in [-0.39, 0.29) is 17.1 Å². The number of para-hydroxylation sites is 1. The Kier molecular flexibility index (Phi) is 6.13. The molecule has 0 fully saturated rings. The van der Waals surface area contributed by atoms with E-state index in [0.29, 0.717) is 28.2 Å². The molecule has 3 aromatic carbocycles. The quantitative estimate of drug-likeness (QED) is 0.411. The van der Waals surface area contributed by atoms with Gasteiger partial charge in [-0.3, -0.25) is 14.4 Å². The molecule has 0 bridgehead atoms. The highest BCUT2D eigenvalue weighted by Crippen LogP contribution is 2.24. The molecule has 1 aromatic heterocycles. The van der Waals surface area contributed by atoms with E-state index in [0.717, 1.165) is 5.56 Å². The molecule has 0 saturated carbocycles. The Morgan fingerprint density at radius 2 is 1.39 bits per heavy atom. The summed E-state index contributed by atoms with van der Waals surface area (Å²) in [5.74, 6) is -1.15. The summed E-state index contributed by atoms with van der Waals surface area (Å²) in [6.45, 7) is 3.58. The lowest BCUT2D eigenvalue weighted by atomic mass is 9.99. The van der Waals surface area contributed by atoms with Crippen molar-refractivity contribution in [3.8, 4) is 0 Å². The summed E-state index contributed by atoms with van der Waals surface area (Å²) >= 11 is 0. The van der Waals surface area contributed by atoms with Crippen molar-refractivity contribution in [2.45, 2.75) is 13.8 Å². The molecule has 0 radical (unpaired) electrons. The van der Waals surface area contributed by atoms with E-state index < -0.39 is 11.8 Å². The summed E-state index contributed by atoms with van der Waals surface area (Å²) < 4.78 is 4.99. The summed E-state index contributed by atoms with van der Waals surface area (Å²) in [6.07, 6.45) is 0. The highest BCUT2D eigenvalue weighted by Gasteiger charge is 2.20. The van der Waals surface area contributed by atoms with Gasteiger partial charge in [-0.05, 0) is 38.1 Å². The van der Waals surface area contributed by atoms with Crippen LogP contribution in [0, 0.1) is 13.8 Å². The normalized spacial score (nSPS) is 10.5. The third kappa shape index (κ3) is 4.88. The maximum absolute atomic E-state index is 13.1. The fourth-order valence-electron chi connectivity index (χ4n) is 3.33. The monoisotopic (exact) mass is 439 g/mol. The summed E-state index contributed by atoms with van der Waals surface area (Å²) in [5, 5.41) is 9.20. The Bertz CT molecular complexity index is 1340. The lowest BCUT2D eigenvalue weighted by Crippen LogP contribution is -2.19. The van der Waals surface area contributed by atoms with Gasteiger partial charge in [0.15, 0.2) is 5.78 Å². The molecule has 0 saturated heterocycles. The summed E-state index contributed by atoms with van der Waals surface area (Å²) in [6, 6.07) is 22.2. The van der Waals surface area contributed by atoms with E-state index in [1.165, 1.54) is 6.07 Å². The molecule has 2 amide bonds. The molecule has 4 aromatic rings. The SMILES string of the molecule is Cc1ccc(NC(=O)c2ccccc2NC(=O)c2cc(C)no2)c(C(=O)c2ccccc2)c1. The summed E-state index contributed by atoms with van der Waals surface area (Å²) in [4.78, 5) is 38.7. The number of hydrogen-bond acceptors (Lipinski definition) is 5. The van der Waals surface area contributed by atoms with E-state index in [2.05, 4.69) is 15.8 Å². The minimum absolute atomic E-state index is 0.0389. The van der Waals surface area contributed by atoms with Crippen LogP contribution in [0.3, 0.4) is 0 Å². The maximum atomic E-state index is 13.1. The Morgan fingerprint density at radius 1 is 0.727 bits per heavy atom. The standard InChI is InChI=1S/C26H21N3O4/c1-16-12-13-22(20(14-16)24(30)18-8-4-3-5-9-18)27-25(31)19-10-6-7-11-21(19)28-26(32)23-15-17(2)29-33-23/h3-15H,1-2H3,(H,27,31)(H,28,32). The fraction of sp³-hybridized carbons (Fsp3) is 0.0769. The molecule has 2 N–H and O–H groups in total. The average molecular weight is 439 g/mol. The Hall–Kier alpha value is -4.52. The molecule has 0 spiro atoms. The second-order valence-corrected chi connectivity index (χ2v) is 7.53. The van der Waals surface area contributed by atoms with Gasteiger partial charge in [0.25, 0.3) is 11.8 Å². The highest BCUT2D eigenvalue weighted by molar-refractivity contribution is 6.17. The minimum Gasteiger partial charge on any atom is -0.351 e. The minimum atomic E-state index is -0.522. The van der Waals surface area contributed by atoms with Crippen LogP contribution < -0.4 is 10.6 Å². The van der Waals surface area contributed by atoms with E-state index in [9.17, 15) is 14.4 Å². The molecule has 1 heterocycles. The zero-order chi connectivity index (χ0) is 23.4. The number of rotatable bonds is 6. The van der Waals surface area contributed by atoms with Crippen LogP contribution in [0.2, 0.25) is 0 Å². The average Bonchev–Trinajstić information content (AvgIpc) is 3.27. The first-order valence-electron chi connectivity index (χ1n) is 10.3. The van der Waals surface area contributed by atoms with Crippen molar-refractivity contribution in [1.82, 2.24) is 5.16 Å². The molecule has 7 heteroatoms. The number of carbonyl (C=O) groups is 3. The van der Waals surface area contributed by atoms with E-state index >= 15 is 0 Å². The number of nitrogens with zero attached hydrogens (tertiary/aromatic N) is 1. The lowest BCUT2D eigenvalue weighted by Gasteiger charge is -2.14. The Morgan fingerprint density at radius 3 is 2.12 bits per heavy atom. The van der Waals surface area contributed by atoms with Crippen LogP contribution in [0.5, 0.6) is 0 Å². The number of aryl methyl sites for hydroxylation is 2. The molecule has 0 atom stereocenters. The van der Waals surface area contributed by atoms with Crippen molar-refractivity contribution < 1.29 is 18.9 Å². The van der Waals surface area contributed by atoms with Crippen molar-refractivity contribution in [2.75, 3.05) is 10.6 Å². The van der Waals surface area contributed by atoms with Crippen molar-refractivity contribution in [3.63, 3.8) is 0 Å². The van der Waals surface area contributed by atoms with E-state index in [1.54, 1.807) is 67.6 Å². The van der Waals surface area contributed by atoms with Crippen molar-refractivity contribution in [2.24, 2.45) is 0 Å². The fourth-order valence-corrected chi connectivity index (χ4v) is 3.33. The first kappa shape index (κ1) is 21.7.